The Morgan fingerprint density at radius 3 is 2.67 bits per heavy atom. The van der Waals surface area contributed by atoms with Gasteiger partial charge < -0.3 is 5.32 Å². The molecule has 3 nitrogen and oxygen atoms in total. The Balaban J connectivity index is 2.49. The number of nitrogens with one attached hydrogen (secondary N) is 1. The first-order valence-electron chi connectivity index (χ1n) is 7.60. The van der Waals surface area contributed by atoms with Crippen LogP contribution in [0.25, 0.3) is 0 Å². The molecule has 0 saturated carbocycles. The van der Waals surface area contributed by atoms with E-state index in [2.05, 4.69) is 30.3 Å². The van der Waals surface area contributed by atoms with Gasteiger partial charge in [0.2, 0.25) is 0 Å². The molecule has 4 heteroatoms. The van der Waals surface area contributed by atoms with Gasteiger partial charge in [0.15, 0.2) is 0 Å². The van der Waals surface area contributed by atoms with Crippen LogP contribution in [0, 0.1) is 19.7 Å². The Morgan fingerprint density at radius 1 is 1.24 bits per heavy atom. The average molecular weight is 289 g/mol. The summed E-state index contributed by atoms with van der Waals surface area (Å²) in [5.41, 5.74) is 4.16. The number of hydrogen-bond acceptors (Lipinski definition) is 2. The molecule has 0 fully saturated rings. The van der Waals surface area contributed by atoms with E-state index in [0.29, 0.717) is 0 Å². The van der Waals surface area contributed by atoms with Crippen molar-refractivity contribution in [3.8, 4) is 0 Å². The third-order valence-electron chi connectivity index (χ3n) is 3.68. The third kappa shape index (κ3) is 3.50. The second kappa shape index (κ2) is 6.85. The number of aromatic nitrogens is 2. The van der Waals surface area contributed by atoms with Crippen LogP contribution in [0.2, 0.25) is 0 Å². The Bertz CT molecular complexity index is 604. The lowest BCUT2D eigenvalue weighted by atomic mass is 9.98. The Morgan fingerprint density at radius 2 is 2.00 bits per heavy atom. The second-order valence-electron chi connectivity index (χ2n) is 5.41. The van der Waals surface area contributed by atoms with E-state index in [9.17, 15) is 4.39 Å². The number of benzene rings is 1. The molecule has 0 aliphatic rings. The summed E-state index contributed by atoms with van der Waals surface area (Å²) in [4.78, 5) is 0. The maximum Gasteiger partial charge on any atom is 0.123 e. The highest BCUT2D eigenvalue weighted by molar-refractivity contribution is 5.35. The molecule has 2 aromatic rings. The molecule has 1 aromatic heterocycles. The molecule has 0 saturated heterocycles. The van der Waals surface area contributed by atoms with Crippen LogP contribution in [0.3, 0.4) is 0 Å². The number of aryl methyl sites for hydroxylation is 3. The van der Waals surface area contributed by atoms with E-state index >= 15 is 0 Å². The van der Waals surface area contributed by atoms with Crippen LogP contribution in [0.15, 0.2) is 24.3 Å². The van der Waals surface area contributed by atoms with E-state index in [1.807, 2.05) is 24.6 Å². The highest BCUT2D eigenvalue weighted by Gasteiger charge is 2.20. The minimum atomic E-state index is -0.196. The van der Waals surface area contributed by atoms with E-state index in [1.54, 1.807) is 6.07 Å². The number of hydrogen-bond donors (Lipinski definition) is 1. The van der Waals surface area contributed by atoms with Crippen molar-refractivity contribution in [2.75, 3.05) is 6.54 Å². The zero-order valence-electron chi connectivity index (χ0n) is 13.3. The molecule has 1 heterocycles. The largest absolute Gasteiger partial charge is 0.305 e. The van der Waals surface area contributed by atoms with Crippen LogP contribution in [0.1, 0.15) is 48.8 Å². The third-order valence-corrected chi connectivity index (χ3v) is 3.68. The van der Waals surface area contributed by atoms with Gasteiger partial charge in [0.25, 0.3) is 0 Å². The molecule has 0 bridgehead atoms. The molecule has 0 aliphatic heterocycles. The standard InChI is InChI=1S/C17H24FN3/c1-5-9-19-17(15-11-14(18)8-7-12(15)3)16-10-13(4)20-21(16)6-2/h7-8,10-11,17,19H,5-6,9H2,1-4H3. The van der Waals surface area contributed by atoms with Crippen LogP contribution >= 0.6 is 0 Å². The number of rotatable bonds is 6. The Kier molecular flexibility index (Phi) is 5.12. The number of halogens is 1. The molecule has 0 aliphatic carbocycles. The second-order valence-corrected chi connectivity index (χ2v) is 5.41. The highest BCUT2D eigenvalue weighted by Crippen LogP contribution is 2.26. The van der Waals surface area contributed by atoms with E-state index in [1.165, 1.54) is 6.07 Å². The van der Waals surface area contributed by atoms with Gasteiger partial charge in [0.1, 0.15) is 5.82 Å². The summed E-state index contributed by atoms with van der Waals surface area (Å²) in [6, 6.07) is 7.04. The lowest BCUT2D eigenvalue weighted by Crippen LogP contribution is -2.26. The first-order valence-corrected chi connectivity index (χ1v) is 7.60. The monoisotopic (exact) mass is 289 g/mol. The molecule has 1 unspecified atom stereocenters. The van der Waals surface area contributed by atoms with Gasteiger partial charge in [-0.1, -0.05) is 13.0 Å². The molecule has 1 N–H and O–H groups in total. The molecular formula is C17H24FN3. The minimum absolute atomic E-state index is 0.0261. The van der Waals surface area contributed by atoms with Crippen molar-refractivity contribution >= 4 is 0 Å². The first-order chi connectivity index (χ1) is 10.1. The summed E-state index contributed by atoms with van der Waals surface area (Å²) in [6.45, 7) is 9.91. The SMILES string of the molecule is CCCNC(c1cc(F)ccc1C)c1cc(C)nn1CC. The smallest absolute Gasteiger partial charge is 0.123 e. The van der Waals surface area contributed by atoms with Crippen molar-refractivity contribution < 1.29 is 4.39 Å². The van der Waals surface area contributed by atoms with Crippen molar-refractivity contribution in [2.24, 2.45) is 0 Å². The van der Waals surface area contributed by atoms with E-state index in [-0.39, 0.29) is 11.9 Å². The Hall–Kier alpha value is -1.68. The molecule has 1 aromatic carbocycles. The fraction of sp³-hybridized carbons (Fsp3) is 0.471. The summed E-state index contributed by atoms with van der Waals surface area (Å²) in [7, 11) is 0. The van der Waals surface area contributed by atoms with Crippen molar-refractivity contribution in [2.45, 2.75) is 46.7 Å². The van der Waals surface area contributed by atoms with Crippen LogP contribution in [0.4, 0.5) is 4.39 Å². The summed E-state index contributed by atoms with van der Waals surface area (Å²) >= 11 is 0. The van der Waals surface area contributed by atoms with Gasteiger partial charge >= 0.3 is 0 Å². The van der Waals surface area contributed by atoms with Crippen molar-refractivity contribution in [3.63, 3.8) is 0 Å². The van der Waals surface area contributed by atoms with Crippen LogP contribution in [-0.4, -0.2) is 16.3 Å². The topological polar surface area (TPSA) is 29.9 Å². The normalized spacial score (nSPS) is 12.6. The Labute approximate surface area is 126 Å². The quantitative estimate of drug-likeness (QED) is 0.877. The lowest BCUT2D eigenvalue weighted by molar-refractivity contribution is 0.524. The summed E-state index contributed by atoms with van der Waals surface area (Å²) in [6.07, 6.45) is 1.03. The van der Waals surface area contributed by atoms with Crippen molar-refractivity contribution in [1.82, 2.24) is 15.1 Å². The zero-order chi connectivity index (χ0) is 15.4. The van der Waals surface area contributed by atoms with Crippen LogP contribution in [0.5, 0.6) is 0 Å². The van der Waals surface area contributed by atoms with Gasteiger partial charge in [-0.15, -0.1) is 0 Å². The van der Waals surface area contributed by atoms with Gasteiger partial charge in [-0.3, -0.25) is 4.68 Å². The maximum absolute atomic E-state index is 13.7. The van der Waals surface area contributed by atoms with Gasteiger partial charge in [-0.25, -0.2) is 4.39 Å². The lowest BCUT2D eigenvalue weighted by Gasteiger charge is -2.22. The fourth-order valence-electron chi connectivity index (χ4n) is 2.64. The molecule has 0 spiro atoms. The van der Waals surface area contributed by atoms with Crippen molar-refractivity contribution in [3.05, 3.63) is 52.6 Å². The molecule has 0 radical (unpaired) electrons. The average Bonchev–Trinajstić information content (AvgIpc) is 2.84. The van der Waals surface area contributed by atoms with Crippen molar-refractivity contribution in [1.29, 1.82) is 0 Å². The summed E-state index contributed by atoms with van der Waals surface area (Å²) in [5.74, 6) is -0.196. The molecule has 114 valence electrons. The van der Waals surface area contributed by atoms with Crippen LogP contribution in [-0.2, 0) is 6.54 Å². The van der Waals surface area contributed by atoms with Gasteiger partial charge in [-0.05, 0) is 63.1 Å². The van der Waals surface area contributed by atoms with E-state index in [4.69, 9.17) is 0 Å². The van der Waals surface area contributed by atoms with Gasteiger partial charge in [-0.2, -0.15) is 5.10 Å². The molecule has 2 rings (SSSR count). The predicted octanol–water partition coefficient (Wildman–Crippen LogP) is 3.75. The minimum Gasteiger partial charge on any atom is -0.305 e. The van der Waals surface area contributed by atoms with E-state index in [0.717, 1.165) is 42.0 Å². The van der Waals surface area contributed by atoms with Crippen LogP contribution < -0.4 is 5.32 Å². The summed E-state index contributed by atoms with van der Waals surface area (Å²) in [5, 5.41) is 8.05. The zero-order valence-corrected chi connectivity index (χ0v) is 13.3. The molecule has 0 amide bonds. The maximum atomic E-state index is 13.7. The fourth-order valence-corrected chi connectivity index (χ4v) is 2.64. The molecular weight excluding hydrogens is 265 g/mol. The first kappa shape index (κ1) is 15.7. The molecule has 1 atom stereocenters. The summed E-state index contributed by atoms with van der Waals surface area (Å²) < 4.78 is 15.7. The highest BCUT2D eigenvalue weighted by atomic mass is 19.1. The number of nitrogens with zero attached hydrogens (tertiary/aromatic N) is 2. The predicted molar refractivity (Wildman–Crippen MR) is 83.9 cm³/mol. The van der Waals surface area contributed by atoms with E-state index < -0.39 is 0 Å². The van der Waals surface area contributed by atoms with Gasteiger partial charge in [0.05, 0.1) is 17.4 Å². The molecule has 21 heavy (non-hydrogen) atoms. The van der Waals surface area contributed by atoms with Gasteiger partial charge in [0, 0.05) is 6.54 Å².